The van der Waals surface area contributed by atoms with E-state index in [0.717, 1.165) is 23.4 Å². The van der Waals surface area contributed by atoms with Crippen LogP contribution in [0.2, 0.25) is 0 Å². The molecule has 0 aromatic heterocycles. The Labute approximate surface area is 126 Å². The molecule has 3 heteroatoms. The second-order valence-electron chi connectivity index (χ2n) is 5.24. The molecule has 0 aliphatic rings. The molecule has 0 aliphatic carbocycles. The fraction of sp³-hybridized carbons (Fsp3) is 0.333. The lowest BCUT2D eigenvalue weighted by Crippen LogP contribution is -2.18. The predicted octanol–water partition coefficient (Wildman–Crippen LogP) is 4.38. The van der Waals surface area contributed by atoms with Crippen LogP contribution in [0.1, 0.15) is 36.6 Å². The summed E-state index contributed by atoms with van der Waals surface area (Å²) >= 11 is 0. The highest BCUT2D eigenvalue weighted by atomic mass is 19.1. The maximum Gasteiger partial charge on any atom is 0.124 e. The molecule has 2 aromatic rings. The maximum absolute atomic E-state index is 12.9. The second kappa shape index (κ2) is 7.23. The van der Waals surface area contributed by atoms with Gasteiger partial charge < -0.3 is 10.1 Å². The van der Waals surface area contributed by atoms with Gasteiger partial charge in [0.25, 0.3) is 0 Å². The lowest BCUT2D eigenvalue weighted by Gasteiger charge is -2.18. The molecule has 1 unspecified atom stereocenters. The summed E-state index contributed by atoms with van der Waals surface area (Å²) < 4.78 is 18.8. The van der Waals surface area contributed by atoms with E-state index in [1.54, 1.807) is 12.1 Å². The number of hydrogen-bond donors (Lipinski definition) is 1. The zero-order valence-corrected chi connectivity index (χ0v) is 12.8. The molecule has 0 saturated carbocycles. The van der Waals surface area contributed by atoms with Gasteiger partial charge in [0.05, 0.1) is 0 Å². The van der Waals surface area contributed by atoms with Crippen LogP contribution < -0.4 is 10.1 Å². The van der Waals surface area contributed by atoms with Gasteiger partial charge in [-0.25, -0.2) is 4.39 Å². The van der Waals surface area contributed by atoms with Crippen molar-refractivity contribution >= 4 is 0 Å². The minimum Gasteiger partial charge on any atom is -0.489 e. The minimum absolute atomic E-state index is 0.226. The normalized spacial score (nSPS) is 12.2. The first-order valence-electron chi connectivity index (χ1n) is 7.31. The average Bonchev–Trinajstić information content (AvgIpc) is 2.48. The molecule has 0 spiro atoms. The van der Waals surface area contributed by atoms with Gasteiger partial charge in [-0.1, -0.05) is 36.8 Å². The maximum atomic E-state index is 12.9. The molecule has 2 rings (SSSR count). The van der Waals surface area contributed by atoms with E-state index in [2.05, 4.69) is 32.2 Å². The van der Waals surface area contributed by atoms with Crippen LogP contribution in [0.25, 0.3) is 0 Å². The van der Waals surface area contributed by atoms with Crippen LogP contribution in [-0.4, -0.2) is 6.54 Å². The first-order valence-corrected chi connectivity index (χ1v) is 7.31. The van der Waals surface area contributed by atoms with Gasteiger partial charge in [0, 0.05) is 11.6 Å². The van der Waals surface area contributed by atoms with Crippen molar-refractivity contribution in [2.24, 2.45) is 0 Å². The van der Waals surface area contributed by atoms with Gasteiger partial charge in [0.2, 0.25) is 0 Å². The Bertz CT molecular complexity index is 580. The summed E-state index contributed by atoms with van der Waals surface area (Å²) in [6.45, 7) is 7.64. The second-order valence-corrected chi connectivity index (χ2v) is 5.24. The highest BCUT2D eigenvalue weighted by molar-refractivity contribution is 5.39. The molecule has 21 heavy (non-hydrogen) atoms. The number of aryl methyl sites for hydroxylation is 1. The van der Waals surface area contributed by atoms with Crippen molar-refractivity contribution < 1.29 is 9.13 Å². The summed E-state index contributed by atoms with van der Waals surface area (Å²) in [5.74, 6) is 0.647. The largest absolute Gasteiger partial charge is 0.489 e. The molecule has 0 radical (unpaired) electrons. The third-order valence-electron chi connectivity index (χ3n) is 3.45. The van der Waals surface area contributed by atoms with E-state index in [1.807, 2.05) is 12.1 Å². The predicted molar refractivity (Wildman–Crippen MR) is 84.0 cm³/mol. The number of hydrogen-bond acceptors (Lipinski definition) is 2. The summed E-state index contributed by atoms with van der Waals surface area (Å²) in [6.07, 6.45) is 0. The molecular weight excluding hydrogens is 265 g/mol. The fourth-order valence-corrected chi connectivity index (χ4v) is 2.30. The fourth-order valence-electron chi connectivity index (χ4n) is 2.30. The van der Waals surface area contributed by atoms with Gasteiger partial charge in [-0.3, -0.25) is 0 Å². The molecule has 0 saturated heterocycles. The zero-order chi connectivity index (χ0) is 15.2. The Kier molecular flexibility index (Phi) is 5.34. The summed E-state index contributed by atoms with van der Waals surface area (Å²) in [5, 5.41) is 3.41. The van der Waals surface area contributed by atoms with Gasteiger partial charge in [0.15, 0.2) is 0 Å². The van der Waals surface area contributed by atoms with E-state index in [-0.39, 0.29) is 11.9 Å². The van der Waals surface area contributed by atoms with Crippen molar-refractivity contribution in [2.75, 3.05) is 6.54 Å². The van der Waals surface area contributed by atoms with Crippen LogP contribution in [0, 0.1) is 12.7 Å². The average molecular weight is 287 g/mol. The quantitative estimate of drug-likeness (QED) is 0.851. The van der Waals surface area contributed by atoms with Crippen molar-refractivity contribution in [3.05, 3.63) is 65.0 Å². The van der Waals surface area contributed by atoms with E-state index in [9.17, 15) is 4.39 Å². The molecule has 1 atom stereocenters. The smallest absolute Gasteiger partial charge is 0.124 e. The van der Waals surface area contributed by atoms with Crippen molar-refractivity contribution in [2.45, 2.75) is 33.4 Å². The van der Waals surface area contributed by atoms with Crippen LogP contribution in [0.5, 0.6) is 5.75 Å². The number of halogens is 1. The number of rotatable bonds is 6. The van der Waals surface area contributed by atoms with E-state index in [4.69, 9.17) is 4.74 Å². The van der Waals surface area contributed by atoms with Gasteiger partial charge in [-0.15, -0.1) is 0 Å². The van der Waals surface area contributed by atoms with E-state index < -0.39 is 0 Å². The van der Waals surface area contributed by atoms with Gasteiger partial charge in [0.1, 0.15) is 18.2 Å². The summed E-state index contributed by atoms with van der Waals surface area (Å²) in [6, 6.07) is 12.8. The Morgan fingerprint density at radius 1 is 1.14 bits per heavy atom. The summed E-state index contributed by atoms with van der Waals surface area (Å²) in [5.41, 5.74) is 3.32. The Morgan fingerprint density at radius 2 is 1.86 bits per heavy atom. The third kappa shape index (κ3) is 4.30. The first-order chi connectivity index (χ1) is 10.1. The highest BCUT2D eigenvalue weighted by Gasteiger charge is 2.11. The summed E-state index contributed by atoms with van der Waals surface area (Å²) in [7, 11) is 0. The molecule has 2 aromatic carbocycles. The molecule has 0 amide bonds. The first kappa shape index (κ1) is 15.5. The Hall–Kier alpha value is -1.87. The van der Waals surface area contributed by atoms with Crippen molar-refractivity contribution in [3.63, 3.8) is 0 Å². The minimum atomic E-state index is -0.226. The molecule has 0 aliphatic heterocycles. The molecule has 0 fully saturated rings. The number of ether oxygens (including phenoxy) is 1. The summed E-state index contributed by atoms with van der Waals surface area (Å²) in [4.78, 5) is 0. The molecule has 1 N–H and O–H groups in total. The van der Waals surface area contributed by atoms with Crippen LogP contribution >= 0.6 is 0 Å². The third-order valence-corrected chi connectivity index (χ3v) is 3.45. The highest BCUT2D eigenvalue weighted by Crippen LogP contribution is 2.27. The van der Waals surface area contributed by atoms with Gasteiger partial charge in [-0.05, 0) is 44.2 Å². The SMILES string of the molecule is CCNC(C)c1cc(C)ccc1OCc1ccc(F)cc1. The lowest BCUT2D eigenvalue weighted by molar-refractivity contribution is 0.299. The monoisotopic (exact) mass is 287 g/mol. The van der Waals surface area contributed by atoms with Crippen molar-refractivity contribution in [1.82, 2.24) is 5.32 Å². The topological polar surface area (TPSA) is 21.3 Å². The van der Waals surface area contributed by atoms with Crippen LogP contribution in [0.15, 0.2) is 42.5 Å². The molecule has 112 valence electrons. The Balaban J connectivity index is 2.13. The lowest BCUT2D eigenvalue weighted by atomic mass is 10.0. The van der Waals surface area contributed by atoms with Crippen molar-refractivity contribution in [3.8, 4) is 5.75 Å². The standard InChI is InChI=1S/C18H22FNO/c1-4-20-14(3)17-11-13(2)5-10-18(17)21-12-15-6-8-16(19)9-7-15/h5-11,14,20H,4,12H2,1-3H3. The number of benzene rings is 2. The molecule has 0 heterocycles. The van der Waals surface area contributed by atoms with E-state index in [1.165, 1.54) is 17.7 Å². The molecular formula is C18H22FNO. The zero-order valence-electron chi connectivity index (χ0n) is 12.8. The Morgan fingerprint density at radius 3 is 2.52 bits per heavy atom. The van der Waals surface area contributed by atoms with E-state index >= 15 is 0 Å². The van der Waals surface area contributed by atoms with Crippen LogP contribution in [0.4, 0.5) is 4.39 Å². The molecule has 2 nitrogen and oxygen atoms in total. The van der Waals surface area contributed by atoms with Crippen molar-refractivity contribution in [1.29, 1.82) is 0 Å². The van der Waals surface area contributed by atoms with Gasteiger partial charge in [-0.2, -0.15) is 0 Å². The van der Waals surface area contributed by atoms with E-state index in [0.29, 0.717) is 6.61 Å². The molecule has 0 bridgehead atoms. The number of nitrogens with one attached hydrogen (secondary N) is 1. The van der Waals surface area contributed by atoms with Crippen LogP contribution in [-0.2, 0) is 6.61 Å². The van der Waals surface area contributed by atoms with Gasteiger partial charge >= 0.3 is 0 Å². The van der Waals surface area contributed by atoms with Crippen LogP contribution in [0.3, 0.4) is 0 Å².